The van der Waals surface area contributed by atoms with Gasteiger partial charge in [-0.2, -0.15) is 5.10 Å². The number of urea groups is 1. The van der Waals surface area contributed by atoms with Gasteiger partial charge in [0.1, 0.15) is 11.6 Å². The first kappa shape index (κ1) is 14.0. The minimum Gasteiger partial charge on any atom is -0.335 e. The molecule has 6 nitrogen and oxygen atoms in total. The van der Waals surface area contributed by atoms with Crippen LogP contribution in [-0.4, -0.2) is 27.3 Å². The first-order chi connectivity index (χ1) is 9.52. The standard InChI is InChI=1S/C13H16FN5O/c1-8(5-11-6-9(2)18-19-11)16-13(20)17-12-4-3-10(14)7-15-12/h3-4,6-8H,5H2,1-2H3,(H,18,19)(H2,15,16,17,20)/t8-/m1/s1. The molecule has 0 aliphatic rings. The van der Waals surface area contributed by atoms with Crippen LogP contribution in [0.4, 0.5) is 15.0 Å². The molecule has 106 valence electrons. The number of H-pyrrole nitrogens is 1. The second-order valence-corrected chi connectivity index (χ2v) is 4.61. The number of aryl methyl sites for hydroxylation is 1. The summed E-state index contributed by atoms with van der Waals surface area (Å²) < 4.78 is 12.7. The van der Waals surface area contributed by atoms with E-state index >= 15 is 0 Å². The zero-order chi connectivity index (χ0) is 14.5. The van der Waals surface area contributed by atoms with Crippen LogP contribution >= 0.6 is 0 Å². The molecular formula is C13H16FN5O. The highest BCUT2D eigenvalue weighted by Crippen LogP contribution is 2.04. The fourth-order valence-corrected chi connectivity index (χ4v) is 1.77. The van der Waals surface area contributed by atoms with Gasteiger partial charge in [-0.1, -0.05) is 0 Å². The Morgan fingerprint density at radius 3 is 2.90 bits per heavy atom. The number of pyridine rings is 1. The molecule has 2 aromatic rings. The van der Waals surface area contributed by atoms with Crippen LogP contribution in [0.1, 0.15) is 18.3 Å². The minimum absolute atomic E-state index is 0.0850. The fourth-order valence-electron chi connectivity index (χ4n) is 1.77. The molecule has 0 bridgehead atoms. The van der Waals surface area contributed by atoms with Crippen molar-refractivity contribution in [2.45, 2.75) is 26.3 Å². The van der Waals surface area contributed by atoms with Gasteiger partial charge < -0.3 is 5.32 Å². The number of carbonyl (C=O) groups is 1. The molecule has 3 N–H and O–H groups in total. The number of hydrogen-bond acceptors (Lipinski definition) is 3. The maximum Gasteiger partial charge on any atom is 0.320 e. The van der Waals surface area contributed by atoms with Gasteiger partial charge in [0, 0.05) is 18.2 Å². The molecule has 0 saturated heterocycles. The monoisotopic (exact) mass is 277 g/mol. The summed E-state index contributed by atoms with van der Waals surface area (Å²) in [6, 6.07) is 4.09. The van der Waals surface area contributed by atoms with Crippen molar-refractivity contribution in [1.82, 2.24) is 20.5 Å². The Bertz CT molecular complexity index is 581. The topological polar surface area (TPSA) is 82.7 Å². The van der Waals surface area contributed by atoms with Gasteiger partial charge in [-0.15, -0.1) is 0 Å². The van der Waals surface area contributed by atoms with Gasteiger partial charge in [-0.05, 0) is 32.0 Å². The van der Waals surface area contributed by atoms with Crippen molar-refractivity contribution in [3.8, 4) is 0 Å². The summed E-state index contributed by atoms with van der Waals surface area (Å²) >= 11 is 0. The van der Waals surface area contributed by atoms with E-state index in [0.717, 1.165) is 17.6 Å². The molecule has 2 heterocycles. The van der Waals surface area contributed by atoms with Crippen molar-refractivity contribution in [3.05, 3.63) is 41.6 Å². The normalized spacial score (nSPS) is 11.9. The van der Waals surface area contributed by atoms with Gasteiger partial charge in [-0.3, -0.25) is 10.4 Å². The van der Waals surface area contributed by atoms with E-state index in [1.54, 1.807) is 0 Å². The highest BCUT2D eigenvalue weighted by molar-refractivity contribution is 5.88. The Balaban J connectivity index is 1.83. The second-order valence-electron chi connectivity index (χ2n) is 4.61. The van der Waals surface area contributed by atoms with Crippen LogP contribution in [0.5, 0.6) is 0 Å². The Kier molecular flexibility index (Phi) is 4.29. The molecule has 0 aromatic carbocycles. The maximum absolute atomic E-state index is 12.7. The summed E-state index contributed by atoms with van der Waals surface area (Å²) in [5.41, 5.74) is 1.86. The lowest BCUT2D eigenvalue weighted by molar-refractivity contribution is 0.249. The number of hydrogen-bond donors (Lipinski definition) is 3. The van der Waals surface area contributed by atoms with E-state index in [4.69, 9.17) is 0 Å². The molecule has 0 fully saturated rings. The highest BCUT2D eigenvalue weighted by atomic mass is 19.1. The molecule has 20 heavy (non-hydrogen) atoms. The summed E-state index contributed by atoms with van der Waals surface area (Å²) in [7, 11) is 0. The lowest BCUT2D eigenvalue weighted by Crippen LogP contribution is -2.37. The quantitative estimate of drug-likeness (QED) is 0.799. The maximum atomic E-state index is 12.7. The summed E-state index contributed by atoms with van der Waals surface area (Å²) in [5, 5.41) is 12.3. The molecule has 1 atom stereocenters. The number of halogens is 1. The highest BCUT2D eigenvalue weighted by Gasteiger charge is 2.10. The number of anilines is 1. The van der Waals surface area contributed by atoms with Crippen molar-refractivity contribution in [3.63, 3.8) is 0 Å². The number of carbonyl (C=O) groups excluding carboxylic acids is 1. The Labute approximate surface area is 115 Å². The fraction of sp³-hybridized carbons (Fsp3) is 0.308. The number of nitrogens with one attached hydrogen (secondary N) is 3. The molecule has 2 rings (SSSR count). The van der Waals surface area contributed by atoms with Gasteiger partial charge in [-0.25, -0.2) is 14.2 Å². The van der Waals surface area contributed by atoms with Crippen LogP contribution in [0.3, 0.4) is 0 Å². The number of rotatable bonds is 4. The van der Waals surface area contributed by atoms with Crippen LogP contribution < -0.4 is 10.6 Å². The van der Waals surface area contributed by atoms with Crippen molar-refractivity contribution in [2.75, 3.05) is 5.32 Å². The molecule has 0 spiro atoms. The van der Waals surface area contributed by atoms with Crippen LogP contribution in [0, 0.1) is 12.7 Å². The van der Waals surface area contributed by atoms with Gasteiger partial charge in [0.25, 0.3) is 0 Å². The van der Waals surface area contributed by atoms with Crippen molar-refractivity contribution in [1.29, 1.82) is 0 Å². The molecule has 0 saturated carbocycles. The smallest absolute Gasteiger partial charge is 0.320 e. The summed E-state index contributed by atoms with van der Waals surface area (Å²) in [5.74, 6) is -0.148. The van der Waals surface area contributed by atoms with Gasteiger partial charge in [0.2, 0.25) is 0 Å². The Morgan fingerprint density at radius 2 is 2.30 bits per heavy atom. The molecule has 0 aliphatic heterocycles. The second kappa shape index (κ2) is 6.14. The predicted octanol–water partition coefficient (Wildman–Crippen LogP) is 2.00. The van der Waals surface area contributed by atoms with E-state index in [-0.39, 0.29) is 12.1 Å². The van der Waals surface area contributed by atoms with Gasteiger partial charge >= 0.3 is 6.03 Å². The number of nitrogens with zero attached hydrogens (tertiary/aromatic N) is 2. The van der Waals surface area contributed by atoms with Crippen LogP contribution in [-0.2, 0) is 6.42 Å². The van der Waals surface area contributed by atoms with E-state index in [1.165, 1.54) is 12.1 Å². The van der Waals surface area contributed by atoms with E-state index in [2.05, 4.69) is 25.8 Å². The third-order valence-corrected chi connectivity index (χ3v) is 2.62. The van der Waals surface area contributed by atoms with Crippen LogP contribution in [0.15, 0.2) is 24.4 Å². The number of aromatic amines is 1. The molecule has 2 amide bonds. The summed E-state index contributed by atoms with van der Waals surface area (Å²) in [6.45, 7) is 3.79. The predicted molar refractivity (Wildman–Crippen MR) is 72.8 cm³/mol. The Morgan fingerprint density at radius 1 is 1.50 bits per heavy atom. The van der Waals surface area contributed by atoms with Gasteiger partial charge in [0.15, 0.2) is 0 Å². The average molecular weight is 277 g/mol. The lowest BCUT2D eigenvalue weighted by Gasteiger charge is -2.13. The van der Waals surface area contributed by atoms with E-state index in [0.29, 0.717) is 12.2 Å². The Hall–Kier alpha value is -2.44. The van der Waals surface area contributed by atoms with Crippen molar-refractivity contribution >= 4 is 11.8 Å². The summed E-state index contributed by atoms with van der Waals surface area (Å²) in [6.07, 6.45) is 1.67. The molecule has 0 aliphatic carbocycles. The zero-order valence-corrected chi connectivity index (χ0v) is 11.3. The van der Waals surface area contributed by atoms with Crippen LogP contribution in [0.25, 0.3) is 0 Å². The van der Waals surface area contributed by atoms with E-state index < -0.39 is 5.82 Å². The largest absolute Gasteiger partial charge is 0.335 e. The third kappa shape index (κ3) is 4.04. The van der Waals surface area contributed by atoms with Gasteiger partial charge in [0.05, 0.1) is 11.9 Å². The molecule has 0 unspecified atom stereocenters. The first-order valence-electron chi connectivity index (χ1n) is 6.23. The van der Waals surface area contributed by atoms with E-state index in [1.807, 2.05) is 19.9 Å². The zero-order valence-electron chi connectivity index (χ0n) is 11.3. The third-order valence-electron chi connectivity index (χ3n) is 2.62. The summed E-state index contributed by atoms with van der Waals surface area (Å²) in [4.78, 5) is 15.5. The number of amides is 2. The first-order valence-corrected chi connectivity index (χ1v) is 6.23. The SMILES string of the molecule is Cc1cc(C[C@@H](C)NC(=O)Nc2ccc(F)cn2)n[nH]1. The number of aromatic nitrogens is 3. The molecule has 0 radical (unpaired) electrons. The molecule has 2 aromatic heterocycles. The molecular weight excluding hydrogens is 261 g/mol. The average Bonchev–Trinajstić information content (AvgIpc) is 2.77. The van der Waals surface area contributed by atoms with Crippen LogP contribution in [0.2, 0.25) is 0 Å². The van der Waals surface area contributed by atoms with E-state index in [9.17, 15) is 9.18 Å². The lowest BCUT2D eigenvalue weighted by atomic mass is 10.2. The molecule has 7 heteroatoms. The van der Waals surface area contributed by atoms with Crippen molar-refractivity contribution < 1.29 is 9.18 Å². The minimum atomic E-state index is -0.446. The van der Waals surface area contributed by atoms with Crippen molar-refractivity contribution in [2.24, 2.45) is 0 Å².